The quantitative estimate of drug-likeness (QED) is 0.519. The number of hydrogen-bond acceptors (Lipinski definition) is 5. The maximum absolute atomic E-state index is 11.2. The molecular formula is C26H35N3O2P+. The second-order valence-corrected chi connectivity index (χ2v) is 12.0. The first kappa shape index (κ1) is 23.0. The van der Waals surface area contributed by atoms with Gasteiger partial charge in [0.05, 0.1) is 25.1 Å². The number of methoxy groups -OCH3 is 1. The van der Waals surface area contributed by atoms with E-state index in [0.29, 0.717) is 0 Å². The standard InChI is InChI=1S/C26H35N3O2P/c1-4-32(30,5-2)25-13-12-21(22-9-8-15-27-26(22)25)14-16-28-17-19-29(20-18-28)23-10-6-7-11-24(23)31-3/h6-13,15,30H,4-5,14,16-20H2,1-3H3/q+1. The molecule has 32 heavy (non-hydrogen) atoms. The third-order valence-electron chi connectivity index (χ3n) is 6.83. The van der Waals surface area contributed by atoms with Crippen LogP contribution in [0.2, 0.25) is 0 Å². The minimum atomic E-state index is -2.13. The molecule has 4 rings (SSSR count). The lowest BCUT2D eigenvalue weighted by Gasteiger charge is -2.36. The van der Waals surface area contributed by atoms with Crippen LogP contribution in [0, 0.1) is 0 Å². The van der Waals surface area contributed by atoms with E-state index < -0.39 is 7.49 Å². The summed E-state index contributed by atoms with van der Waals surface area (Å²) in [4.78, 5) is 20.9. The fourth-order valence-corrected chi connectivity index (χ4v) is 6.77. The molecule has 0 bridgehead atoms. The second kappa shape index (κ2) is 10.2. The SMILES string of the molecule is CC[P+](O)(CC)c1ccc(CCN2CCN(c3ccccc3OC)CC2)c2cccnc12. The summed E-state index contributed by atoms with van der Waals surface area (Å²) in [6.45, 7) is 9.31. The summed E-state index contributed by atoms with van der Waals surface area (Å²) in [5.41, 5.74) is 3.50. The van der Waals surface area contributed by atoms with E-state index in [1.807, 2.05) is 24.4 Å². The number of aromatic nitrogens is 1. The van der Waals surface area contributed by atoms with Gasteiger partial charge in [0.15, 0.2) is 7.49 Å². The molecule has 1 fully saturated rings. The molecule has 1 aromatic heterocycles. The van der Waals surface area contributed by atoms with E-state index in [-0.39, 0.29) is 0 Å². The van der Waals surface area contributed by atoms with Gasteiger partial charge in [-0.3, -0.25) is 9.88 Å². The summed E-state index contributed by atoms with van der Waals surface area (Å²) in [5, 5.41) is 2.25. The zero-order valence-corrected chi connectivity index (χ0v) is 20.4. The fourth-order valence-electron chi connectivity index (χ4n) is 4.72. The molecule has 0 spiro atoms. The number of fused-ring (bicyclic) bond motifs is 1. The molecule has 1 saturated heterocycles. The Kier molecular flexibility index (Phi) is 7.30. The number of nitrogens with zero attached hydrogens (tertiary/aromatic N) is 3. The van der Waals surface area contributed by atoms with E-state index in [2.05, 4.69) is 54.0 Å². The Morgan fingerprint density at radius 1 is 0.969 bits per heavy atom. The number of pyridine rings is 1. The van der Waals surface area contributed by atoms with Gasteiger partial charge < -0.3 is 9.64 Å². The van der Waals surface area contributed by atoms with E-state index in [1.54, 1.807) is 7.11 Å². The van der Waals surface area contributed by atoms with E-state index in [9.17, 15) is 4.89 Å². The van der Waals surface area contributed by atoms with Crippen LogP contribution in [-0.4, -0.2) is 66.9 Å². The van der Waals surface area contributed by atoms with Crippen molar-refractivity contribution in [3.63, 3.8) is 0 Å². The van der Waals surface area contributed by atoms with E-state index in [4.69, 9.17) is 9.72 Å². The van der Waals surface area contributed by atoms with Gasteiger partial charge in [0.2, 0.25) is 0 Å². The zero-order chi connectivity index (χ0) is 22.6. The number of para-hydroxylation sites is 2. The second-order valence-electron chi connectivity index (χ2n) is 8.45. The number of rotatable bonds is 8. The molecule has 3 aromatic rings. The van der Waals surface area contributed by atoms with Crippen LogP contribution in [0.25, 0.3) is 10.9 Å². The minimum Gasteiger partial charge on any atom is -0.495 e. The number of hydrogen-bond donors (Lipinski definition) is 1. The third-order valence-corrected chi connectivity index (χ3v) is 10.2. The summed E-state index contributed by atoms with van der Waals surface area (Å²) >= 11 is 0. The van der Waals surface area contributed by atoms with Gasteiger partial charge in [0.25, 0.3) is 0 Å². The number of piperazine rings is 1. The van der Waals surface area contributed by atoms with E-state index in [1.165, 1.54) is 16.6 Å². The molecule has 170 valence electrons. The van der Waals surface area contributed by atoms with Crippen molar-refractivity contribution in [1.82, 2.24) is 9.88 Å². The molecule has 2 aromatic carbocycles. The monoisotopic (exact) mass is 452 g/mol. The first-order valence-electron chi connectivity index (χ1n) is 11.7. The molecule has 0 unspecified atom stereocenters. The van der Waals surface area contributed by atoms with Crippen LogP contribution >= 0.6 is 7.49 Å². The van der Waals surface area contributed by atoms with Crippen molar-refractivity contribution in [2.75, 3.05) is 57.1 Å². The van der Waals surface area contributed by atoms with Crippen LogP contribution in [0.3, 0.4) is 0 Å². The van der Waals surface area contributed by atoms with Crippen molar-refractivity contribution in [3.05, 3.63) is 60.3 Å². The summed E-state index contributed by atoms with van der Waals surface area (Å²) in [6, 6.07) is 16.8. The molecule has 6 heteroatoms. The molecule has 0 aliphatic carbocycles. The summed E-state index contributed by atoms with van der Waals surface area (Å²) < 4.78 is 5.54. The lowest BCUT2D eigenvalue weighted by molar-refractivity contribution is 0.260. The molecule has 0 saturated carbocycles. The average Bonchev–Trinajstić information content (AvgIpc) is 2.87. The number of ether oxygens (including phenoxy) is 1. The Hall–Kier alpha value is -2.20. The Bertz CT molecular complexity index is 1050. The van der Waals surface area contributed by atoms with Crippen LogP contribution in [0.5, 0.6) is 5.75 Å². The van der Waals surface area contributed by atoms with Crippen molar-refractivity contribution in [2.24, 2.45) is 0 Å². The van der Waals surface area contributed by atoms with E-state index >= 15 is 0 Å². The van der Waals surface area contributed by atoms with Gasteiger partial charge in [-0.1, -0.05) is 24.3 Å². The van der Waals surface area contributed by atoms with Gasteiger partial charge in [0, 0.05) is 44.3 Å². The molecule has 1 aliphatic heterocycles. The maximum atomic E-state index is 11.2. The van der Waals surface area contributed by atoms with Gasteiger partial charge in [0.1, 0.15) is 16.6 Å². The lowest BCUT2D eigenvalue weighted by atomic mass is 10.0. The van der Waals surface area contributed by atoms with Gasteiger partial charge in [-0.2, -0.15) is 0 Å². The van der Waals surface area contributed by atoms with Crippen molar-refractivity contribution < 1.29 is 9.63 Å². The maximum Gasteiger partial charge on any atom is 0.175 e. The minimum absolute atomic E-state index is 0.797. The predicted molar refractivity (Wildman–Crippen MR) is 137 cm³/mol. The van der Waals surface area contributed by atoms with Crippen LogP contribution in [0.15, 0.2) is 54.7 Å². The van der Waals surface area contributed by atoms with Crippen molar-refractivity contribution in [2.45, 2.75) is 20.3 Å². The number of anilines is 1. The lowest BCUT2D eigenvalue weighted by Crippen LogP contribution is -2.47. The van der Waals surface area contributed by atoms with Crippen LogP contribution in [0.4, 0.5) is 5.69 Å². The van der Waals surface area contributed by atoms with Crippen molar-refractivity contribution in [1.29, 1.82) is 0 Å². The van der Waals surface area contributed by atoms with Gasteiger partial charge in [-0.25, -0.2) is 4.89 Å². The highest BCUT2D eigenvalue weighted by Gasteiger charge is 2.36. The fraction of sp³-hybridized carbons (Fsp3) is 0.423. The van der Waals surface area contributed by atoms with Gasteiger partial charge in [-0.05, 0) is 50.1 Å². The van der Waals surface area contributed by atoms with Crippen LogP contribution < -0.4 is 14.9 Å². The van der Waals surface area contributed by atoms with E-state index in [0.717, 1.165) is 68.0 Å². The van der Waals surface area contributed by atoms with Crippen molar-refractivity contribution >= 4 is 29.4 Å². The van der Waals surface area contributed by atoms with Gasteiger partial charge >= 0.3 is 0 Å². The molecule has 1 aliphatic rings. The van der Waals surface area contributed by atoms with Crippen molar-refractivity contribution in [3.8, 4) is 5.75 Å². The molecular weight excluding hydrogens is 417 g/mol. The van der Waals surface area contributed by atoms with Gasteiger partial charge in [-0.15, -0.1) is 0 Å². The highest BCUT2D eigenvalue weighted by Crippen LogP contribution is 2.53. The molecule has 5 nitrogen and oxygen atoms in total. The molecule has 2 heterocycles. The summed E-state index contributed by atoms with van der Waals surface area (Å²) in [5.74, 6) is 0.946. The molecule has 0 atom stereocenters. The Labute approximate surface area is 192 Å². The normalized spacial score (nSPS) is 15.3. The Balaban J connectivity index is 1.44. The summed E-state index contributed by atoms with van der Waals surface area (Å²) in [6.07, 6.45) is 4.44. The third kappa shape index (κ3) is 4.61. The first-order chi connectivity index (χ1) is 15.6. The molecule has 0 radical (unpaired) electrons. The number of benzene rings is 2. The van der Waals surface area contributed by atoms with Crippen LogP contribution in [-0.2, 0) is 6.42 Å². The summed E-state index contributed by atoms with van der Waals surface area (Å²) in [7, 11) is -0.386. The highest BCUT2D eigenvalue weighted by molar-refractivity contribution is 7.78. The average molecular weight is 453 g/mol. The molecule has 0 amide bonds. The topological polar surface area (TPSA) is 48.8 Å². The predicted octanol–water partition coefficient (Wildman–Crippen LogP) is 4.20. The Morgan fingerprint density at radius 3 is 2.44 bits per heavy atom. The Morgan fingerprint density at radius 2 is 1.72 bits per heavy atom. The highest BCUT2D eigenvalue weighted by atomic mass is 31.2. The molecule has 1 N–H and O–H groups in total. The smallest absolute Gasteiger partial charge is 0.175 e. The van der Waals surface area contributed by atoms with Crippen LogP contribution in [0.1, 0.15) is 19.4 Å². The largest absolute Gasteiger partial charge is 0.495 e. The first-order valence-corrected chi connectivity index (χ1v) is 13.8. The zero-order valence-electron chi connectivity index (χ0n) is 19.5.